The Morgan fingerprint density at radius 2 is 2.24 bits per heavy atom. The molecule has 0 fully saturated rings. The Morgan fingerprint density at radius 1 is 1.48 bits per heavy atom. The van der Waals surface area contributed by atoms with Gasteiger partial charge in [0.15, 0.2) is 5.82 Å². The normalized spacial score (nSPS) is 13.0. The summed E-state index contributed by atoms with van der Waals surface area (Å²) in [4.78, 5) is 13.1. The summed E-state index contributed by atoms with van der Waals surface area (Å²) in [7, 11) is -3.03. The SMILES string of the molecule is C[C@H](C(=O)Nc1ccn(CCS(C)(=O)=O)n1)c1cccs1. The number of thiophene rings is 1. The number of sulfone groups is 1. The lowest BCUT2D eigenvalue weighted by atomic mass is 10.1. The summed E-state index contributed by atoms with van der Waals surface area (Å²) < 4.78 is 23.7. The first-order chi connectivity index (χ1) is 9.85. The summed E-state index contributed by atoms with van der Waals surface area (Å²) in [6.45, 7) is 2.11. The topological polar surface area (TPSA) is 81.1 Å². The van der Waals surface area contributed by atoms with E-state index in [1.54, 1.807) is 12.3 Å². The second kappa shape index (κ2) is 6.40. The summed E-state index contributed by atoms with van der Waals surface area (Å²) in [5, 5.41) is 8.80. The smallest absolute Gasteiger partial charge is 0.233 e. The van der Waals surface area contributed by atoms with Crippen LogP contribution in [0.4, 0.5) is 5.82 Å². The van der Waals surface area contributed by atoms with Gasteiger partial charge in [-0.1, -0.05) is 6.07 Å². The molecule has 1 amide bonds. The molecule has 0 unspecified atom stereocenters. The number of anilines is 1. The molecule has 2 heterocycles. The highest BCUT2D eigenvalue weighted by atomic mass is 32.2. The van der Waals surface area contributed by atoms with Crippen LogP contribution in [-0.2, 0) is 21.2 Å². The number of rotatable bonds is 6. The maximum absolute atomic E-state index is 12.1. The quantitative estimate of drug-likeness (QED) is 0.876. The molecule has 0 bridgehead atoms. The number of aromatic nitrogens is 2. The number of amides is 1. The van der Waals surface area contributed by atoms with Gasteiger partial charge in [-0.2, -0.15) is 5.10 Å². The van der Waals surface area contributed by atoms with E-state index in [4.69, 9.17) is 0 Å². The van der Waals surface area contributed by atoms with Crippen molar-refractivity contribution in [1.29, 1.82) is 0 Å². The first-order valence-corrected chi connectivity index (χ1v) is 9.34. The molecule has 0 saturated heterocycles. The Morgan fingerprint density at radius 3 is 2.86 bits per heavy atom. The van der Waals surface area contributed by atoms with Crippen LogP contribution in [0.5, 0.6) is 0 Å². The van der Waals surface area contributed by atoms with E-state index in [1.165, 1.54) is 22.3 Å². The maximum Gasteiger partial charge on any atom is 0.233 e. The van der Waals surface area contributed by atoms with Gasteiger partial charge in [0, 0.05) is 23.4 Å². The second-order valence-corrected chi connectivity index (χ2v) is 8.06. The summed E-state index contributed by atoms with van der Waals surface area (Å²) in [6, 6.07) is 5.48. The van der Waals surface area contributed by atoms with Crippen molar-refractivity contribution in [2.24, 2.45) is 0 Å². The van der Waals surface area contributed by atoms with Crippen molar-refractivity contribution < 1.29 is 13.2 Å². The van der Waals surface area contributed by atoms with Crippen LogP contribution in [0.3, 0.4) is 0 Å². The van der Waals surface area contributed by atoms with Gasteiger partial charge in [-0.3, -0.25) is 9.48 Å². The van der Waals surface area contributed by atoms with E-state index in [2.05, 4.69) is 10.4 Å². The van der Waals surface area contributed by atoms with Crippen LogP contribution in [0.25, 0.3) is 0 Å². The summed E-state index contributed by atoms with van der Waals surface area (Å²) >= 11 is 1.53. The molecule has 8 heteroatoms. The van der Waals surface area contributed by atoms with Crippen LogP contribution < -0.4 is 5.32 Å². The average Bonchev–Trinajstić information content (AvgIpc) is 3.06. The molecule has 0 saturated carbocycles. The molecule has 6 nitrogen and oxygen atoms in total. The fraction of sp³-hybridized carbons (Fsp3) is 0.385. The van der Waals surface area contributed by atoms with E-state index in [-0.39, 0.29) is 24.1 Å². The molecular formula is C13H17N3O3S2. The number of hydrogen-bond donors (Lipinski definition) is 1. The second-order valence-electron chi connectivity index (χ2n) is 4.82. The van der Waals surface area contributed by atoms with Crippen molar-refractivity contribution in [1.82, 2.24) is 9.78 Å². The number of nitrogens with one attached hydrogen (secondary N) is 1. The Labute approximate surface area is 127 Å². The number of carbonyl (C=O) groups excluding carboxylic acids is 1. The third-order valence-electron chi connectivity index (χ3n) is 2.95. The van der Waals surface area contributed by atoms with Crippen molar-refractivity contribution in [3.05, 3.63) is 34.7 Å². The van der Waals surface area contributed by atoms with E-state index in [0.717, 1.165) is 4.88 Å². The third-order valence-corrected chi connectivity index (χ3v) is 4.93. The molecule has 21 heavy (non-hydrogen) atoms. The molecule has 2 aromatic rings. The van der Waals surface area contributed by atoms with E-state index in [1.807, 2.05) is 24.4 Å². The highest BCUT2D eigenvalue weighted by Gasteiger charge is 2.17. The van der Waals surface area contributed by atoms with E-state index in [0.29, 0.717) is 5.82 Å². The molecule has 0 radical (unpaired) electrons. The molecule has 2 aromatic heterocycles. The van der Waals surface area contributed by atoms with Gasteiger partial charge in [-0.05, 0) is 18.4 Å². The highest BCUT2D eigenvalue weighted by molar-refractivity contribution is 7.90. The van der Waals surface area contributed by atoms with Crippen molar-refractivity contribution in [2.75, 3.05) is 17.3 Å². The van der Waals surface area contributed by atoms with Crippen molar-refractivity contribution in [3.63, 3.8) is 0 Å². The number of carbonyl (C=O) groups is 1. The zero-order valence-electron chi connectivity index (χ0n) is 11.8. The minimum Gasteiger partial charge on any atom is -0.309 e. The van der Waals surface area contributed by atoms with Crippen LogP contribution in [0.2, 0.25) is 0 Å². The van der Waals surface area contributed by atoms with Gasteiger partial charge in [0.1, 0.15) is 9.84 Å². The molecule has 1 N–H and O–H groups in total. The monoisotopic (exact) mass is 327 g/mol. The zero-order chi connectivity index (χ0) is 15.5. The Kier molecular flexibility index (Phi) is 4.79. The highest BCUT2D eigenvalue weighted by Crippen LogP contribution is 2.21. The molecule has 2 rings (SSSR count). The first kappa shape index (κ1) is 15.7. The number of hydrogen-bond acceptors (Lipinski definition) is 5. The van der Waals surface area contributed by atoms with Crippen molar-refractivity contribution in [2.45, 2.75) is 19.4 Å². The number of aryl methyl sites for hydroxylation is 1. The standard InChI is InChI=1S/C13H17N3O3S2/c1-10(11-4-3-8-20-11)13(17)14-12-5-6-16(15-12)7-9-21(2,18)19/h3-6,8,10H,7,9H2,1-2H3,(H,14,15,17)/t10-/m0/s1. The predicted octanol–water partition coefficient (Wildman–Crippen LogP) is 1.73. The fourth-order valence-electron chi connectivity index (χ4n) is 1.71. The molecule has 0 spiro atoms. The summed E-state index contributed by atoms with van der Waals surface area (Å²) in [5.41, 5.74) is 0. The lowest BCUT2D eigenvalue weighted by Crippen LogP contribution is -2.19. The van der Waals surface area contributed by atoms with E-state index >= 15 is 0 Å². The van der Waals surface area contributed by atoms with Gasteiger partial charge < -0.3 is 5.32 Å². The zero-order valence-corrected chi connectivity index (χ0v) is 13.4. The fourth-order valence-corrected chi connectivity index (χ4v) is 3.01. The lowest BCUT2D eigenvalue weighted by molar-refractivity contribution is -0.117. The largest absolute Gasteiger partial charge is 0.309 e. The maximum atomic E-state index is 12.1. The third kappa shape index (κ3) is 4.68. The molecular weight excluding hydrogens is 310 g/mol. The molecule has 1 atom stereocenters. The predicted molar refractivity (Wildman–Crippen MR) is 83.3 cm³/mol. The van der Waals surface area contributed by atoms with Crippen molar-refractivity contribution >= 4 is 32.9 Å². The molecule has 0 aliphatic carbocycles. The number of nitrogens with zero attached hydrogens (tertiary/aromatic N) is 2. The summed E-state index contributed by atoms with van der Waals surface area (Å²) in [5.74, 6) is 0.0714. The Bertz CT molecular complexity index is 705. The van der Waals surface area contributed by atoms with Gasteiger partial charge in [0.25, 0.3) is 0 Å². The molecule has 0 aromatic carbocycles. The summed E-state index contributed by atoms with van der Waals surface area (Å²) in [6.07, 6.45) is 2.83. The van der Waals surface area contributed by atoms with E-state index < -0.39 is 9.84 Å². The van der Waals surface area contributed by atoms with E-state index in [9.17, 15) is 13.2 Å². The average molecular weight is 327 g/mol. The Balaban J connectivity index is 1.94. The minimum atomic E-state index is -3.03. The minimum absolute atomic E-state index is 0.0215. The first-order valence-electron chi connectivity index (χ1n) is 6.40. The molecule has 0 aliphatic rings. The van der Waals surface area contributed by atoms with Crippen LogP contribution in [0, 0.1) is 0 Å². The van der Waals surface area contributed by atoms with Crippen LogP contribution in [0.15, 0.2) is 29.8 Å². The Hall–Kier alpha value is -1.67. The van der Waals surface area contributed by atoms with Gasteiger partial charge >= 0.3 is 0 Å². The molecule has 114 valence electrons. The van der Waals surface area contributed by atoms with Gasteiger partial charge in [0.2, 0.25) is 5.91 Å². The van der Waals surface area contributed by atoms with Crippen LogP contribution >= 0.6 is 11.3 Å². The van der Waals surface area contributed by atoms with Crippen LogP contribution in [0.1, 0.15) is 17.7 Å². The van der Waals surface area contributed by atoms with Gasteiger partial charge in [0.05, 0.1) is 18.2 Å². The van der Waals surface area contributed by atoms with Gasteiger partial charge in [-0.15, -0.1) is 11.3 Å². The van der Waals surface area contributed by atoms with Crippen molar-refractivity contribution in [3.8, 4) is 0 Å². The molecule has 0 aliphatic heterocycles. The lowest BCUT2D eigenvalue weighted by Gasteiger charge is -2.08. The van der Waals surface area contributed by atoms with Gasteiger partial charge in [-0.25, -0.2) is 8.42 Å². The van der Waals surface area contributed by atoms with Crippen LogP contribution in [-0.4, -0.2) is 36.1 Å².